The van der Waals surface area contributed by atoms with Gasteiger partial charge >= 0.3 is 0 Å². The Labute approximate surface area is 235 Å². The Balaban J connectivity index is 1.33. The fourth-order valence-corrected chi connectivity index (χ4v) is 4.29. The molecule has 0 spiro atoms. The van der Waals surface area contributed by atoms with Gasteiger partial charge in [0.15, 0.2) is 18.1 Å². The molecule has 5 aromatic rings. The summed E-state index contributed by atoms with van der Waals surface area (Å²) in [4.78, 5) is 5.51. The average Bonchev–Trinajstić information content (AvgIpc) is 3.55. The summed E-state index contributed by atoms with van der Waals surface area (Å²) in [6.07, 6.45) is 0. The molecule has 2 aromatic heterocycles. The molecule has 3 aromatic carbocycles. The van der Waals surface area contributed by atoms with E-state index in [4.69, 9.17) is 60.4 Å². The van der Waals surface area contributed by atoms with E-state index in [1.54, 1.807) is 37.4 Å². The second-order valence-corrected chi connectivity index (χ2v) is 9.31. The Kier molecular flexibility index (Phi) is 7.75. The van der Waals surface area contributed by atoms with Crippen molar-refractivity contribution >= 4 is 52.1 Å². The molecule has 14 heteroatoms. The third-order valence-corrected chi connectivity index (χ3v) is 6.13. The summed E-state index contributed by atoms with van der Waals surface area (Å²) in [5.41, 5.74) is 1.68. The van der Waals surface area contributed by atoms with Crippen molar-refractivity contribution in [1.82, 2.24) is 30.4 Å². The van der Waals surface area contributed by atoms with Crippen LogP contribution in [-0.2, 0) is 18.5 Å². The summed E-state index contributed by atoms with van der Waals surface area (Å²) < 4.78 is 13.0. The van der Waals surface area contributed by atoms with Gasteiger partial charge in [-0.2, -0.15) is 0 Å². The first-order valence-corrected chi connectivity index (χ1v) is 12.3. The Hall–Kier alpha value is -3.70. The molecule has 0 N–H and O–H groups in total. The van der Waals surface area contributed by atoms with E-state index in [1.807, 2.05) is 30.3 Å². The van der Waals surface area contributed by atoms with Crippen molar-refractivity contribution in [1.29, 1.82) is 0 Å². The fourth-order valence-electron chi connectivity index (χ4n) is 3.28. The van der Waals surface area contributed by atoms with Crippen molar-refractivity contribution in [2.75, 3.05) is 0 Å². The van der Waals surface area contributed by atoms with Gasteiger partial charge < -0.3 is 14.0 Å². The molecule has 38 heavy (non-hydrogen) atoms. The Morgan fingerprint density at radius 1 is 0.921 bits per heavy atom. The van der Waals surface area contributed by atoms with E-state index in [1.165, 1.54) is 4.68 Å². The molecule has 0 radical (unpaired) electrons. The molecule has 0 aliphatic rings. The number of aromatic nitrogens is 6. The summed E-state index contributed by atoms with van der Waals surface area (Å²) >= 11 is 25.0. The first-order valence-electron chi connectivity index (χ1n) is 10.8. The predicted molar refractivity (Wildman–Crippen MR) is 142 cm³/mol. The van der Waals surface area contributed by atoms with E-state index < -0.39 is 0 Å². The predicted octanol–water partition coefficient (Wildman–Crippen LogP) is 6.64. The third kappa shape index (κ3) is 5.73. The van der Waals surface area contributed by atoms with Gasteiger partial charge in [-0.05, 0) is 40.8 Å². The van der Waals surface area contributed by atoms with Crippen LogP contribution >= 0.6 is 46.4 Å². The van der Waals surface area contributed by atoms with E-state index in [0.29, 0.717) is 32.9 Å². The van der Waals surface area contributed by atoms with Crippen LogP contribution in [0.5, 0.6) is 11.5 Å². The lowest BCUT2D eigenvalue weighted by atomic mass is 10.1. The maximum absolute atomic E-state index is 6.43. The molecule has 0 aliphatic carbocycles. The maximum atomic E-state index is 6.43. The van der Waals surface area contributed by atoms with Gasteiger partial charge in [0.1, 0.15) is 5.75 Å². The van der Waals surface area contributed by atoms with Gasteiger partial charge in [0, 0.05) is 23.2 Å². The van der Waals surface area contributed by atoms with Crippen LogP contribution in [0.3, 0.4) is 0 Å². The molecule has 2 heterocycles. The van der Waals surface area contributed by atoms with Gasteiger partial charge in [-0.3, -0.25) is 0 Å². The monoisotopic (exact) mass is 589 g/mol. The van der Waals surface area contributed by atoms with Crippen LogP contribution < -0.4 is 4.74 Å². The molecule has 0 saturated heterocycles. The number of hydrogen-bond acceptors (Lipinski definition) is 9. The van der Waals surface area contributed by atoms with Gasteiger partial charge in [-0.1, -0.05) is 81.9 Å². The number of halogens is 4. The van der Waals surface area contributed by atoms with Crippen LogP contribution in [0.2, 0.25) is 20.1 Å². The van der Waals surface area contributed by atoms with Crippen molar-refractivity contribution < 1.29 is 14.0 Å². The first-order chi connectivity index (χ1) is 18.4. The van der Waals surface area contributed by atoms with Crippen molar-refractivity contribution in [3.8, 4) is 23.0 Å². The highest BCUT2D eigenvalue weighted by atomic mass is 35.5. The van der Waals surface area contributed by atoms with E-state index >= 15 is 0 Å². The molecular formula is C24H15Cl4N7O3. The highest BCUT2D eigenvalue weighted by molar-refractivity contribution is 6.38. The number of rotatable bonds is 8. The second-order valence-electron chi connectivity index (χ2n) is 7.65. The third-order valence-electron chi connectivity index (χ3n) is 5.04. The van der Waals surface area contributed by atoms with Gasteiger partial charge in [-0.25, -0.2) is 4.68 Å². The van der Waals surface area contributed by atoms with E-state index in [9.17, 15) is 0 Å². The van der Waals surface area contributed by atoms with Gasteiger partial charge in [0.25, 0.3) is 5.89 Å². The lowest BCUT2D eigenvalue weighted by molar-refractivity contribution is 0.111. The number of oxime groups is 1. The molecule has 0 aliphatic heterocycles. The molecular weight excluding hydrogens is 576 g/mol. The lowest BCUT2D eigenvalue weighted by Crippen LogP contribution is -2.12. The minimum atomic E-state index is -0.105. The molecule has 0 amide bonds. The highest BCUT2D eigenvalue weighted by Crippen LogP contribution is 2.41. The molecule has 0 saturated carbocycles. The maximum Gasteiger partial charge on any atom is 0.257 e. The van der Waals surface area contributed by atoms with E-state index in [2.05, 4.69) is 30.9 Å². The SMILES string of the molecule is Cn1nnnc1/C(=N\OCc1nnc(-c2cc(Cl)c(Oc3ccc(Cl)cc3Cl)c(Cl)c2)o1)c1ccccc1. The minimum absolute atomic E-state index is 0.105. The average molecular weight is 591 g/mol. The number of tetrazole rings is 1. The number of ether oxygens (including phenoxy) is 1. The van der Waals surface area contributed by atoms with Crippen LogP contribution in [0, 0.1) is 0 Å². The summed E-state index contributed by atoms with van der Waals surface area (Å²) in [5, 5.41) is 25.0. The van der Waals surface area contributed by atoms with Crippen LogP contribution in [0.1, 0.15) is 17.3 Å². The number of aryl methyl sites for hydroxylation is 1. The number of nitrogens with zero attached hydrogens (tertiary/aromatic N) is 7. The molecule has 192 valence electrons. The molecule has 0 bridgehead atoms. The molecule has 0 atom stereocenters. The number of hydrogen-bond donors (Lipinski definition) is 0. The van der Waals surface area contributed by atoms with Crippen molar-refractivity contribution in [2.45, 2.75) is 6.61 Å². The first kappa shape index (κ1) is 25.9. The topological polar surface area (TPSA) is 113 Å². The van der Waals surface area contributed by atoms with E-state index in [0.717, 1.165) is 5.56 Å². The zero-order chi connectivity index (χ0) is 26.6. The normalized spacial score (nSPS) is 11.6. The summed E-state index contributed by atoms with van der Waals surface area (Å²) in [6.45, 7) is -0.105. The molecule has 5 rings (SSSR count). The van der Waals surface area contributed by atoms with Crippen LogP contribution in [-0.4, -0.2) is 36.1 Å². The lowest BCUT2D eigenvalue weighted by Gasteiger charge is -2.12. The van der Waals surface area contributed by atoms with Crippen molar-refractivity contribution in [3.05, 3.63) is 98.0 Å². The minimum Gasteiger partial charge on any atom is -0.453 e. The standard InChI is InChI=1S/C24H15Cl4N7O3/c1-35-23(30-33-34-35)21(13-5-3-2-4-6-13)32-36-12-20-29-31-24(38-20)14-9-17(27)22(18(28)10-14)37-19-8-7-15(25)11-16(19)26/h2-11H,12H2,1H3/b32-21-. The van der Waals surface area contributed by atoms with E-state index in [-0.39, 0.29) is 34.2 Å². The summed E-state index contributed by atoms with van der Waals surface area (Å²) in [6, 6.07) is 17.3. The molecule has 0 unspecified atom stereocenters. The quantitative estimate of drug-likeness (QED) is 0.146. The smallest absolute Gasteiger partial charge is 0.257 e. The summed E-state index contributed by atoms with van der Waals surface area (Å²) in [5.74, 6) is 1.33. The van der Waals surface area contributed by atoms with Crippen LogP contribution in [0.15, 0.2) is 70.2 Å². The largest absolute Gasteiger partial charge is 0.453 e. The molecule has 10 nitrogen and oxygen atoms in total. The van der Waals surface area contributed by atoms with Gasteiger partial charge in [0.2, 0.25) is 11.7 Å². The van der Waals surface area contributed by atoms with Crippen LogP contribution in [0.25, 0.3) is 11.5 Å². The van der Waals surface area contributed by atoms with Crippen molar-refractivity contribution in [2.24, 2.45) is 12.2 Å². The Morgan fingerprint density at radius 3 is 2.37 bits per heavy atom. The van der Waals surface area contributed by atoms with Gasteiger partial charge in [-0.15, -0.1) is 15.3 Å². The fraction of sp³-hybridized carbons (Fsp3) is 0.0833. The molecule has 0 fully saturated rings. The Bertz CT molecular complexity index is 1600. The highest BCUT2D eigenvalue weighted by Gasteiger charge is 2.18. The Morgan fingerprint density at radius 2 is 1.68 bits per heavy atom. The second kappa shape index (κ2) is 11.4. The van der Waals surface area contributed by atoms with Crippen molar-refractivity contribution in [3.63, 3.8) is 0 Å². The van der Waals surface area contributed by atoms with Crippen LogP contribution in [0.4, 0.5) is 0 Å². The summed E-state index contributed by atoms with van der Waals surface area (Å²) in [7, 11) is 1.70. The number of benzene rings is 3. The zero-order valence-corrected chi connectivity index (χ0v) is 22.4. The van der Waals surface area contributed by atoms with Gasteiger partial charge in [0.05, 0.1) is 15.1 Å². The zero-order valence-electron chi connectivity index (χ0n) is 19.3.